The first-order chi connectivity index (χ1) is 15.8. The smallest absolute Gasteiger partial charge is 0.251 e. The number of anilines is 1. The van der Waals surface area contributed by atoms with E-state index >= 15 is 0 Å². The molecule has 0 saturated carbocycles. The van der Waals surface area contributed by atoms with E-state index in [0.29, 0.717) is 12.0 Å². The molecule has 4 rings (SSSR count). The second-order valence-corrected chi connectivity index (χ2v) is 9.57. The molecule has 0 aliphatic carbocycles. The van der Waals surface area contributed by atoms with Gasteiger partial charge in [0.05, 0.1) is 12.2 Å². The zero-order valence-corrected chi connectivity index (χ0v) is 19.5. The van der Waals surface area contributed by atoms with Crippen LogP contribution in [0.5, 0.6) is 0 Å². The first kappa shape index (κ1) is 23.3. The molecule has 1 aromatic carbocycles. The number of aromatic nitrogens is 1. The lowest BCUT2D eigenvalue weighted by Gasteiger charge is -2.28. The Morgan fingerprint density at radius 2 is 2.03 bits per heavy atom. The van der Waals surface area contributed by atoms with E-state index < -0.39 is 36.2 Å². The van der Waals surface area contributed by atoms with Gasteiger partial charge in [0.2, 0.25) is 5.91 Å². The Balaban J connectivity index is 1.48. The van der Waals surface area contributed by atoms with Crippen molar-refractivity contribution in [3.63, 3.8) is 0 Å². The molecule has 8 nitrogen and oxygen atoms in total. The lowest BCUT2D eigenvalue weighted by Crippen LogP contribution is -2.52. The number of likely N-dealkylation sites (tertiary alicyclic amines) is 1. The number of carbonyl (C=O) groups excluding carboxylic acids is 3. The highest BCUT2D eigenvalue weighted by Crippen LogP contribution is 2.30. The Labute approximate surface area is 195 Å². The second-order valence-electron chi connectivity index (χ2n) is 8.71. The number of carbonyl (C=O) groups is 3. The van der Waals surface area contributed by atoms with Gasteiger partial charge < -0.3 is 20.3 Å². The number of hydrogen-bond acceptors (Lipinski definition) is 7. The number of hydrogen-bond donors (Lipinski definition) is 2. The summed E-state index contributed by atoms with van der Waals surface area (Å²) in [4.78, 5) is 44.1. The van der Waals surface area contributed by atoms with Gasteiger partial charge in [-0.05, 0) is 24.5 Å². The fourth-order valence-electron chi connectivity index (χ4n) is 4.27. The van der Waals surface area contributed by atoms with Crippen molar-refractivity contribution in [1.29, 1.82) is 0 Å². The number of rotatable bonds is 7. The highest BCUT2D eigenvalue weighted by molar-refractivity contribution is 7.14. The number of benzene rings is 1. The van der Waals surface area contributed by atoms with E-state index in [1.165, 1.54) is 16.2 Å². The van der Waals surface area contributed by atoms with Gasteiger partial charge in [0, 0.05) is 23.6 Å². The van der Waals surface area contributed by atoms with Crippen molar-refractivity contribution in [2.75, 3.05) is 25.5 Å². The van der Waals surface area contributed by atoms with Crippen molar-refractivity contribution >= 4 is 34.1 Å². The topological polar surface area (TPSA) is 101 Å². The molecule has 2 amide bonds. The third kappa shape index (κ3) is 4.77. The fraction of sp³-hybridized carbons (Fsp3) is 0.478. The van der Waals surface area contributed by atoms with Crippen LogP contribution >= 0.6 is 11.3 Å². The average Bonchev–Trinajstić information content (AvgIpc) is 3.50. The van der Waals surface area contributed by atoms with E-state index in [1.54, 1.807) is 31.3 Å². The molecule has 4 atom stereocenters. The highest BCUT2D eigenvalue weighted by Gasteiger charge is 2.53. The molecule has 10 heteroatoms. The predicted molar refractivity (Wildman–Crippen MR) is 123 cm³/mol. The zero-order valence-electron chi connectivity index (χ0n) is 18.7. The lowest BCUT2D eigenvalue weighted by atomic mass is 10.0. The molecule has 2 fully saturated rings. The van der Waals surface area contributed by atoms with Crippen molar-refractivity contribution in [2.45, 2.75) is 44.6 Å². The number of halogens is 1. The standard InChI is InChI=1S/C23H27FN4O4S/c1-12(2)8-16(22(31)28-9-15(24)20-19(28)18(29)10-32-20)26-21(30)14-6-4-13(5-7-14)17-11-33-23(25-3)27-17/h4-7,11-12,15-16,19-20H,8-10H2,1-3H3,(H,25,27)(H,26,30)/t15-,16-,19+,20+/m0/s1. The number of amides is 2. The zero-order chi connectivity index (χ0) is 23.7. The molecule has 0 bridgehead atoms. The minimum atomic E-state index is -1.41. The molecular weight excluding hydrogens is 447 g/mol. The number of alkyl halides is 1. The molecule has 2 aliphatic heterocycles. The van der Waals surface area contributed by atoms with E-state index in [0.717, 1.165) is 16.4 Å². The Hall–Kier alpha value is -2.85. The molecular formula is C23H27FN4O4S. The van der Waals surface area contributed by atoms with Gasteiger partial charge in [-0.25, -0.2) is 9.37 Å². The number of Topliss-reactive ketones (excluding diaryl/α,β-unsaturated/α-hetero) is 1. The number of ether oxygens (including phenoxy) is 1. The van der Waals surface area contributed by atoms with E-state index in [4.69, 9.17) is 4.74 Å². The van der Waals surface area contributed by atoms with Gasteiger partial charge >= 0.3 is 0 Å². The predicted octanol–water partition coefficient (Wildman–Crippen LogP) is 2.51. The molecule has 1 aromatic heterocycles. The lowest BCUT2D eigenvalue weighted by molar-refractivity contribution is -0.138. The third-order valence-electron chi connectivity index (χ3n) is 5.88. The maximum atomic E-state index is 14.4. The van der Waals surface area contributed by atoms with Crippen LogP contribution in [0.3, 0.4) is 0 Å². The van der Waals surface area contributed by atoms with Crippen LogP contribution in [-0.2, 0) is 14.3 Å². The Morgan fingerprint density at radius 1 is 1.30 bits per heavy atom. The summed E-state index contributed by atoms with van der Waals surface area (Å²) in [6, 6.07) is 5.17. The van der Waals surface area contributed by atoms with Gasteiger partial charge in [-0.3, -0.25) is 14.4 Å². The van der Waals surface area contributed by atoms with E-state index in [1.807, 2.05) is 19.2 Å². The minimum absolute atomic E-state index is 0.0998. The second kappa shape index (κ2) is 9.56. The van der Waals surface area contributed by atoms with Crippen LogP contribution in [0.25, 0.3) is 11.3 Å². The maximum Gasteiger partial charge on any atom is 0.251 e. The summed E-state index contributed by atoms with van der Waals surface area (Å²) in [5.41, 5.74) is 2.07. The summed E-state index contributed by atoms with van der Waals surface area (Å²) in [5.74, 6) is -1.06. The fourth-order valence-corrected chi connectivity index (χ4v) is 4.95. The van der Waals surface area contributed by atoms with Crippen LogP contribution in [-0.4, -0.2) is 72.0 Å². The molecule has 2 saturated heterocycles. The monoisotopic (exact) mass is 474 g/mol. The Kier molecular flexibility index (Phi) is 6.76. The first-order valence-electron chi connectivity index (χ1n) is 10.9. The van der Waals surface area contributed by atoms with Gasteiger partial charge in [-0.2, -0.15) is 0 Å². The van der Waals surface area contributed by atoms with E-state index in [-0.39, 0.29) is 24.9 Å². The van der Waals surface area contributed by atoms with Crippen molar-refractivity contribution in [1.82, 2.24) is 15.2 Å². The van der Waals surface area contributed by atoms with Gasteiger partial charge in [-0.15, -0.1) is 11.3 Å². The molecule has 2 aromatic rings. The summed E-state index contributed by atoms with van der Waals surface area (Å²) < 4.78 is 19.6. The summed E-state index contributed by atoms with van der Waals surface area (Å²) in [5, 5.41) is 8.51. The molecule has 2 aliphatic rings. The van der Waals surface area contributed by atoms with Crippen LogP contribution in [0.1, 0.15) is 30.6 Å². The van der Waals surface area contributed by atoms with Crippen LogP contribution in [0, 0.1) is 5.92 Å². The summed E-state index contributed by atoms with van der Waals surface area (Å²) in [6.07, 6.45) is -1.96. The van der Waals surface area contributed by atoms with Crippen molar-refractivity contribution in [2.24, 2.45) is 5.92 Å². The van der Waals surface area contributed by atoms with Crippen molar-refractivity contribution in [3.8, 4) is 11.3 Å². The number of thiazole rings is 1. The molecule has 3 heterocycles. The van der Waals surface area contributed by atoms with E-state index in [9.17, 15) is 18.8 Å². The number of fused-ring (bicyclic) bond motifs is 1. The SMILES string of the molecule is CNc1nc(-c2ccc(C(=O)N[C@@H](CC(C)C)C(=O)N3C[C@H](F)[C@H]4OCC(=O)[C@H]43)cc2)cs1. The van der Waals surface area contributed by atoms with Gasteiger partial charge in [0.1, 0.15) is 31.0 Å². The molecule has 33 heavy (non-hydrogen) atoms. The van der Waals surface area contributed by atoms with Gasteiger partial charge in [0.15, 0.2) is 10.9 Å². The minimum Gasteiger partial charge on any atom is -0.365 e. The van der Waals surface area contributed by atoms with Crippen LogP contribution in [0.2, 0.25) is 0 Å². The molecule has 0 spiro atoms. The van der Waals surface area contributed by atoms with Crippen molar-refractivity contribution in [3.05, 3.63) is 35.2 Å². The summed E-state index contributed by atoms with van der Waals surface area (Å²) >= 11 is 1.49. The van der Waals surface area contributed by atoms with Crippen LogP contribution < -0.4 is 10.6 Å². The Bertz CT molecular complexity index is 1040. The van der Waals surface area contributed by atoms with Gasteiger partial charge in [-0.1, -0.05) is 26.0 Å². The normalized spacial score (nSPS) is 23.0. The number of ketones is 1. The van der Waals surface area contributed by atoms with Gasteiger partial charge in [0.25, 0.3) is 5.91 Å². The average molecular weight is 475 g/mol. The third-order valence-corrected chi connectivity index (χ3v) is 6.74. The quantitative estimate of drug-likeness (QED) is 0.640. The summed E-state index contributed by atoms with van der Waals surface area (Å²) in [7, 11) is 1.80. The van der Waals surface area contributed by atoms with Crippen molar-refractivity contribution < 1.29 is 23.5 Å². The summed E-state index contributed by atoms with van der Waals surface area (Å²) in [6.45, 7) is 3.47. The van der Waals surface area contributed by atoms with Crippen LogP contribution in [0.15, 0.2) is 29.6 Å². The number of nitrogens with one attached hydrogen (secondary N) is 2. The molecule has 2 N–H and O–H groups in total. The highest BCUT2D eigenvalue weighted by atomic mass is 32.1. The molecule has 0 radical (unpaired) electrons. The van der Waals surface area contributed by atoms with E-state index in [2.05, 4.69) is 15.6 Å². The Morgan fingerprint density at radius 3 is 2.67 bits per heavy atom. The number of nitrogens with zero attached hydrogens (tertiary/aromatic N) is 2. The molecule has 0 unspecified atom stereocenters. The van der Waals surface area contributed by atoms with Crippen LogP contribution in [0.4, 0.5) is 9.52 Å². The molecule has 176 valence electrons. The maximum absolute atomic E-state index is 14.4. The first-order valence-corrected chi connectivity index (χ1v) is 11.8. The largest absolute Gasteiger partial charge is 0.365 e.